The first-order valence-corrected chi connectivity index (χ1v) is 10.7. The number of carbonyl (C=O) groups is 3. The summed E-state index contributed by atoms with van der Waals surface area (Å²) < 4.78 is 0.706. The van der Waals surface area contributed by atoms with E-state index in [-0.39, 0.29) is 18.1 Å². The Bertz CT molecular complexity index is 1350. The Hall–Kier alpha value is -4.31. The number of aliphatic carboxylic acids is 1. The van der Waals surface area contributed by atoms with Crippen LogP contribution in [0.5, 0.6) is 11.6 Å². The Kier molecular flexibility index (Phi) is 7.77. The number of hydrogen-bond acceptors (Lipinski definition) is 6. The Morgan fingerprint density at radius 2 is 1.57 bits per heavy atom. The number of rotatable bonds is 8. The molecule has 0 saturated carbocycles. The second kappa shape index (κ2) is 10.7. The van der Waals surface area contributed by atoms with Gasteiger partial charge in [-0.05, 0) is 24.1 Å². The van der Waals surface area contributed by atoms with Crippen LogP contribution in [0.1, 0.15) is 37.4 Å². The first-order valence-electron chi connectivity index (χ1n) is 10.4. The van der Waals surface area contributed by atoms with Crippen molar-refractivity contribution < 1.29 is 29.7 Å². The zero-order valence-electron chi connectivity index (χ0n) is 18.5. The lowest BCUT2D eigenvalue weighted by Crippen LogP contribution is -2.37. The molecule has 10 nitrogen and oxygen atoms in total. The number of aromatic hydroxyl groups is 2. The van der Waals surface area contributed by atoms with Gasteiger partial charge in [-0.1, -0.05) is 59.6 Å². The number of carboxylic acids is 1. The predicted octanol–water partition coefficient (Wildman–Crippen LogP) is 2.01. The molecule has 35 heavy (non-hydrogen) atoms. The highest BCUT2D eigenvalue weighted by Gasteiger charge is 2.30. The van der Waals surface area contributed by atoms with Crippen LogP contribution in [-0.4, -0.2) is 44.2 Å². The third kappa shape index (κ3) is 5.79. The number of amides is 2. The number of benzene rings is 2. The van der Waals surface area contributed by atoms with Crippen LogP contribution in [0.15, 0.2) is 53.3 Å². The standard InChI is InChI=1S/C24H22ClN3O7/c1-13-6-8-14(9-7-13)10-26-21(32)18-20(31)19(22(33)27-11-17(29)30)24(35)28(23(18)34)12-15-4-2-3-5-16(15)25/h2-9,31,34H,10-12H2,1H3,(H,26,32)(H,27,33)(H,29,30). The lowest BCUT2D eigenvalue weighted by molar-refractivity contribution is -0.135. The van der Waals surface area contributed by atoms with Gasteiger partial charge in [0, 0.05) is 11.6 Å². The molecule has 2 aromatic carbocycles. The van der Waals surface area contributed by atoms with Gasteiger partial charge < -0.3 is 26.0 Å². The average molecular weight is 500 g/mol. The molecule has 0 aliphatic heterocycles. The van der Waals surface area contributed by atoms with E-state index in [1.54, 1.807) is 36.4 Å². The molecule has 2 amide bonds. The van der Waals surface area contributed by atoms with Crippen molar-refractivity contribution >= 4 is 29.4 Å². The van der Waals surface area contributed by atoms with Crippen LogP contribution < -0.4 is 16.2 Å². The average Bonchev–Trinajstić information content (AvgIpc) is 2.81. The lowest BCUT2D eigenvalue weighted by Gasteiger charge is -2.17. The largest absolute Gasteiger partial charge is 0.506 e. The van der Waals surface area contributed by atoms with Gasteiger partial charge in [0.1, 0.15) is 17.7 Å². The van der Waals surface area contributed by atoms with Crippen LogP contribution in [0.2, 0.25) is 5.02 Å². The summed E-state index contributed by atoms with van der Waals surface area (Å²) in [5, 5.41) is 35.1. The van der Waals surface area contributed by atoms with Crippen molar-refractivity contribution in [2.24, 2.45) is 0 Å². The van der Waals surface area contributed by atoms with Gasteiger partial charge in [-0.3, -0.25) is 23.7 Å². The molecule has 11 heteroatoms. The zero-order chi connectivity index (χ0) is 25.7. The van der Waals surface area contributed by atoms with E-state index in [1.807, 2.05) is 24.4 Å². The van der Waals surface area contributed by atoms with Gasteiger partial charge in [-0.25, -0.2) is 0 Å². The molecule has 0 unspecified atom stereocenters. The number of nitrogens with zero attached hydrogens (tertiary/aromatic N) is 1. The van der Waals surface area contributed by atoms with E-state index in [9.17, 15) is 29.4 Å². The number of halogens is 1. The highest BCUT2D eigenvalue weighted by Crippen LogP contribution is 2.29. The van der Waals surface area contributed by atoms with Crippen LogP contribution in [0.25, 0.3) is 0 Å². The van der Waals surface area contributed by atoms with Crippen LogP contribution in [-0.2, 0) is 17.9 Å². The Balaban J connectivity index is 2.07. The molecule has 182 valence electrons. The Labute approximate surface area is 204 Å². The highest BCUT2D eigenvalue weighted by atomic mass is 35.5. The summed E-state index contributed by atoms with van der Waals surface area (Å²) >= 11 is 6.16. The lowest BCUT2D eigenvalue weighted by atomic mass is 10.1. The van der Waals surface area contributed by atoms with Crippen molar-refractivity contribution in [2.75, 3.05) is 6.54 Å². The molecule has 5 N–H and O–H groups in total. The molecule has 0 aliphatic rings. The topological polar surface area (TPSA) is 158 Å². The van der Waals surface area contributed by atoms with Gasteiger partial charge in [-0.2, -0.15) is 0 Å². The van der Waals surface area contributed by atoms with Crippen molar-refractivity contribution in [3.05, 3.63) is 91.7 Å². The molecule has 0 saturated heterocycles. The van der Waals surface area contributed by atoms with E-state index in [1.165, 1.54) is 0 Å². The number of nitrogens with one attached hydrogen (secondary N) is 2. The molecule has 3 rings (SSSR count). The van der Waals surface area contributed by atoms with Gasteiger partial charge in [-0.15, -0.1) is 0 Å². The van der Waals surface area contributed by atoms with Crippen molar-refractivity contribution in [1.82, 2.24) is 15.2 Å². The van der Waals surface area contributed by atoms with E-state index in [0.29, 0.717) is 10.1 Å². The van der Waals surface area contributed by atoms with E-state index in [0.717, 1.165) is 11.1 Å². The smallest absolute Gasteiger partial charge is 0.322 e. The van der Waals surface area contributed by atoms with Crippen molar-refractivity contribution in [3.8, 4) is 11.6 Å². The summed E-state index contributed by atoms with van der Waals surface area (Å²) in [6, 6.07) is 13.6. The number of aryl methyl sites for hydroxylation is 1. The molecular weight excluding hydrogens is 478 g/mol. The van der Waals surface area contributed by atoms with Crippen LogP contribution >= 0.6 is 11.6 Å². The summed E-state index contributed by atoms with van der Waals surface area (Å²) in [5.41, 5.74) is -0.621. The van der Waals surface area contributed by atoms with Crippen LogP contribution in [0, 0.1) is 6.92 Å². The van der Waals surface area contributed by atoms with Crippen molar-refractivity contribution in [3.63, 3.8) is 0 Å². The van der Waals surface area contributed by atoms with E-state index in [2.05, 4.69) is 5.32 Å². The second-order valence-corrected chi connectivity index (χ2v) is 8.06. The number of pyridine rings is 1. The van der Waals surface area contributed by atoms with Gasteiger partial charge in [0.25, 0.3) is 17.4 Å². The minimum atomic E-state index is -1.39. The van der Waals surface area contributed by atoms with Gasteiger partial charge in [0.05, 0.1) is 6.54 Å². The molecule has 0 atom stereocenters. The maximum atomic E-state index is 13.1. The summed E-state index contributed by atoms with van der Waals surface area (Å²) in [6.45, 7) is 0.764. The fourth-order valence-corrected chi connectivity index (χ4v) is 3.47. The Morgan fingerprint density at radius 1 is 0.943 bits per heavy atom. The Morgan fingerprint density at radius 3 is 2.20 bits per heavy atom. The summed E-state index contributed by atoms with van der Waals surface area (Å²) in [4.78, 5) is 49.4. The number of hydrogen-bond donors (Lipinski definition) is 5. The van der Waals surface area contributed by atoms with Crippen LogP contribution in [0.3, 0.4) is 0 Å². The molecule has 0 bridgehead atoms. The van der Waals surface area contributed by atoms with Crippen molar-refractivity contribution in [1.29, 1.82) is 0 Å². The van der Waals surface area contributed by atoms with Gasteiger partial charge in [0.2, 0.25) is 5.88 Å². The fourth-order valence-electron chi connectivity index (χ4n) is 3.28. The second-order valence-electron chi connectivity index (χ2n) is 7.65. The minimum absolute atomic E-state index is 0.0299. The highest BCUT2D eigenvalue weighted by molar-refractivity contribution is 6.31. The van der Waals surface area contributed by atoms with E-state index < -0.39 is 52.6 Å². The zero-order valence-corrected chi connectivity index (χ0v) is 19.3. The number of aromatic nitrogens is 1. The fraction of sp³-hybridized carbons (Fsp3) is 0.167. The molecule has 0 aliphatic carbocycles. The third-order valence-corrected chi connectivity index (χ3v) is 5.49. The molecule has 3 aromatic rings. The monoisotopic (exact) mass is 499 g/mol. The molecular formula is C24H22ClN3O7. The maximum absolute atomic E-state index is 13.1. The maximum Gasteiger partial charge on any atom is 0.322 e. The predicted molar refractivity (Wildman–Crippen MR) is 127 cm³/mol. The van der Waals surface area contributed by atoms with Gasteiger partial charge in [0.15, 0.2) is 5.75 Å². The molecule has 0 fully saturated rings. The third-order valence-electron chi connectivity index (χ3n) is 5.13. The number of carboxylic acid groups (broad SMARTS) is 1. The SMILES string of the molecule is Cc1ccc(CNC(=O)c2c(O)c(C(=O)NCC(=O)O)c(=O)n(Cc3ccccc3Cl)c2O)cc1. The van der Waals surface area contributed by atoms with Gasteiger partial charge >= 0.3 is 5.97 Å². The molecule has 1 aromatic heterocycles. The summed E-state index contributed by atoms with van der Waals surface area (Å²) in [5.74, 6) is -5.53. The summed E-state index contributed by atoms with van der Waals surface area (Å²) in [7, 11) is 0. The number of carbonyl (C=O) groups excluding carboxylic acids is 2. The first kappa shape index (κ1) is 25.3. The molecule has 0 spiro atoms. The molecule has 0 radical (unpaired) electrons. The first-order chi connectivity index (χ1) is 16.6. The minimum Gasteiger partial charge on any atom is -0.506 e. The molecule has 1 heterocycles. The van der Waals surface area contributed by atoms with Crippen LogP contribution in [0.4, 0.5) is 0 Å². The van der Waals surface area contributed by atoms with Crippen molar-refractivity contribution in [2.45, 2.75) is 20.0 Å². The van der Waals surface area contributed by atoms with E-state index >= 15 is 0 Å². The normalized spacial score (nSPS) is 10.6. The summed E-state index contributed by atoms with van der Waals surface area (Å²) in [6.07, 6.45) is 0. The van der Waals surface area contributed by atoms with E-state index in [4.69, 9.17) is 16.7 Å². The quantitative estimate of drug-likeness (QED) is 0.317.